The largest absolute Gasteiger partial charge is 0.354 e. The quantitative estimate of drug-likeness (QED) is 0.660. The fraction of sp³-hybridized carbons (Fsp3) is 0.500. The third-order valence-electron chi connectivity index (χ3n) is 3.63. The monoisotopic (exact) mass is 281 g/mol. The summed E-state index contributed by atoms with van der Waals surface area (Å²) in [5.41, 5.74) is 1.00. The number of aliphatic imine (C=N–C) groups is 1. The third-order valence-corrected chi connectivity index (χ3v) is 3.93. The van der Waals surface area contributed by atoms with Crippen LogP contribution in [-0.4, -0.2) is 25.1 Å². The number of hydrogen-bond acceptors (Lipinski definition) is 1. The fourth-order valence-electron chi connectivity index (χ4n) is 2.23. The summed E-state index contributed by atoms with van der Waals surface area (Å²) in [6.07, 6.45) is 3.45. The zero-order valence-corrected chi connectivity index (χ0v) is 11.5. The first-order chi connectivity index (χ1) is 9.17. The van der Waals surface area contributed by atoms with Crippen molar-refractivity contribution in [2.75, 3.05) is 7.05 Å². The molecule has 2 fully saturated rings. The summed E-state index contributed by atoms with van der Waals surface area (Å²) in [4.78, 5) is 4.21. The fourth-order valence-corrected chi connectivity index (χ4v) is 2.35. The van der Waals surface area contributed by atoms with Crippen LogP contribution in [0.2, 0.25) is 5.02 Å². The van der Waals surface area contributed by atoms with Gasteiger partial charge in [0.25, 0.3) is 0 Å². The molecule has 0 unspecified atom stereocenters. The van der Waals surface area contributed by atoms with E-state index in [1.165, 1.54) is 18.9 Å². The van der Waals surface area contributed by atoms with Crippen molar-refractivity contribution in [3.05, 3.63) is 34.6 Å². The van der Waals surface area contributed by atoms with Crippen molar-refractivity contribution >= 4 is 17.6 Å². The number of nitrogens with one attached hydrogen (secondary N) is 2. The van der Waals surface area contributed by atoms with Gasteiger partial charge in [0.2, 0.25) is 0 Å². The summed E-state index contributed by atoms with van der Waals surface area (Å²) in [6, 6.07) is 5.97. The molecule has 0 radical (unpaired) electrons. The lowest BCUT2D eigenvalue weighted by Crippen LogP contribution is -2.40. The number of halogens is 2. The van der Waals surface area contributed by atoms with E-state index in [9.17, 15) is 4.39 Å². The summed E-state index contributed by atoms with van der Waals surface area (Å²) >= 11 is 5.69. The molecule has 5 heteroatoms. The second kappa shape index (κ2) is 5.00. The number of benzene rings is 1. The van der Waals surface area contributed by atoms with Crippen LogP contribution < -0.4 is 10.6 Å². The van der Waals surface area contributed by atoms with Gasteiger partial charge in [0.15, 0.2) is 5.96 Å². The Morgan fingerprint density at radius 1 is 1.37 bits per heavy atom. The van der Waals surface area contributed by atoms with Crippen LogP contribution in [0.25, 0.3) is 0 Å². The number of guanidine groups is 1. The Bertz CT molecular complexity index is 513. The van der Waals surface area contributed by atoms with Gasteiger partial charge in [0, 0.05) is 25.0 Å². The van der Waals surface area contributed by atoms with Gasteiger partial charge in [-0.05, 0) is 37.0 Å². The molecule has 2 N–H and O–H groups in total. The minimum Gasteiger partial charge on any atom is -0.354 e. The molecule has 102 valence electrons. The molecule has 0 amide bonds. The molecular weight excluding hydrogens is 265 g/mol. The Balaban J connectivity index is 1.59. The lowest BCUT2D eigenvalue weighted by atomic mass is 10.1. The first-order valence-electron chi connectivity index (χ1n) is 6.62. The maximum atomic E-state index is 13.4. The van der Waals surface area contributed by atoms with E-state index in [1.807, 2.05) is 6.07 Å². The zero-order valence-electron chi connectivity index (χ0n) is 10.8. The van der Waals surface area contributed by atoms with Crippen molar-refractivity contribution in [2.24, 2.45) is 4.99 Å². The van der Waals surface area contributed by atoms with E-state index in [2.05, 4.69) is 15.6 Å². The van der Waals surface area contributed by atoms with E-state index in [-0.39, 0.29) is 10.8 Å². The Labute approximate surface area is 117 Å². The van der Waals surface area contributed by atoms with Crippen LogP contribution >= 0.6 is 11.6 Å². The molecule has 0 spiro atoms. The molecular formula is C14H17ClFN3. The molecule has 1 aromatic carbocycles. The highest BCUT2D eigenvalue weighted by molar-refractivity contribution is 6.30. The van der Waals surface area contributed by atoms with E-state index in [0.717, 1.165) is 17.9 Å². The second-order valence-electron chi connectivity index (χ2n) is 5.26. The van der Waals surface area contributed by atoms with Crippen LogP contribution in [0.4, 0.5) is 4.39 Å². The average molecular weight is 282 g/mol. The van der Waals surface area contributed by atoms with E-state index in [1.54, 1.807) is 13.1 Å². The van der Waals surface area contributed by atoms with Gasteiger partial charge in [-0.2, -0.15) is 0 Å². The average Bonchev–Trinajstić information content (AvgIpc) is 3.28. The van der Waals surface area contributed by atoms with Crippen molar-refractivity contribution in [1.29, 1.82) is 0 Å². The smallest absolute Gasteiger partial charge is 0.191 e. The van der Waals surface area contributed by atoms with Gasteiger partial charge in [-0.15, -0.1) is 0 Å². The normalized spacial score (nSPS) is 26.2. The molecule has 0 heterocycles. The molecule has 3 nitrogen and oxygen atoms in total. The SMILES string of the molecule is CN=C(NC1CC1)N[C@@H]1C[C@H]1c1ccc(Cl)c(F)c1. The van der Waals surface area contributed by atoms with Crippen LogP contribution in [0.15, 0.2) is 23.2 Å². The first kappa shape index (κ1) is 12.7. The van der Waals surface area contributed by atoms with Gasteiger partial charge in [-0.3, -0.25) is 4.99 Å². The first-order valence-corrected chi connectivity index (χ1v) is 7.00. The molecule has 0 aliphatic heterocycles. The standard InChI is InChI=1S/C14H17ClFN3/c1-17-14(18-9-3-4-9)19-13-7-10(13)8-2-5-11(15)12(16)6-8/h2,5-6,9-10,13H,3-4,7H2,1H3,(H2,17,18,19)/t10-,13+/m0/s1. The summed E-state index contributed by atoms with van der Waals surface area (Å²) in [5.74, 6) is 0.860. The van der Waals surface area contributed by atoms with Crippen LogP contribution in [0.3, 0.4) is 0 Å². The van der Waals surface area contributed by atoms with Crippen LogP contribution in [0.1, 0.15) is 30.7 Å². The minimum absolute atomic E-state index is 0.181. The predicted octanol–water partition coefficient (Wildman–Crippen LogP) is 2.66. The highest BCUT2D eigenvalue weighted by Crippen LogP contribution is 2.41. The van der Waals surface area contributed by atoms with Gasteiger partial charge >= 0.3 is 0 Å². The van der Waals surface area contributed by atoms with Gasteiger partial charge in [-0.1, -0.05) is 17.7 Å². The molecule has 2 saturated carbocycles. The summed E-state index contributed by atoms with van der Waals surface area (Å²) in [6.45, 7) is 0. The third kappa shape index (κ3) is 3.00. The van der Waals surface area contributed by atoms with Crippen LogP contribution in [0, 0.1) is 5.82 Å². The Hall–Kier alpha value is -1.29. The highest BCUT2D eigenvalue weighted by atomic mass is 35.5. The van der Waals surface area contributed by atoms with E-state index < -0.39 is 0 Å². The topological polar surface area (TPSA) is 36.4 Å². The summed E-state index contributed by atoms with van der Waals surface area (Å²) < 4.78 is 13.4. The molecule has 0 aromatic heterocycles. The lowest BCUT2D eigenvalue weighted by molar-refractivity contribution is 0.625. The Morgan fingerprint density at radius 3 is 2.79 bits per heavy atom. The van der Waals surface area contributed by atoms with Gasteiger partial charge in [0.05, 0.1) is 5.02 Å². The van der Waals surface area contributed by atoms with Crippen molar-refractivity contribution in [2.45, 2.75) is 37.3 Å². The number of hydrogen-bond donors (Lipinski definition) is 2. The zero-order chi connectivity index (χ0) is 13.4. The maximum absolute atomic E-state index is 13.4. The van der Waals surface area contributed by atoms with E-state index >= 15 is 0 Å². The molecule has 2 atom stereocenters. The van der Waals surface area contributed by atoms with Crippen molar-refractivity contribution in [3.8, 4) is 0 Å². The van der Waals surface area contributed by atoms with E-state index in [0.29, 0.717) is 18.0 Å². The molecule has 2 aliphatic rings. The molecule has 3 rings (SSSR count). The van der Waals surface area contributed by atoms with Gasteiger partial charge < -0.3 is 10.6 Å². The molecule has 0 bridgehead atoms. The minimum atomic E-state index is -0.342. The summed E-state index contributed by atoms with van der Waals surface area (Å²) in [5, 5.41) is 6.91. The molecule has 2 aliphatic carbocycles. The van der Waals surface area contributed by atoms with Crippen molar-refractivity contribution in [1.82, 2.24) is 10.6 Å². The predicted molar refractivity (Wildman–Crippen MR) is 75.2 cm³/mol. The van der Waals surface area contributed by atoms with Crippen molar-refractivity contribution < 1.29 is 4.39 Å². The lowest BCUT2D eigenvalue weighted by Gasteiger charge is -2.11. The van der Waals surface area contributed by atoms with Gasteiger partial charge in [0.1, 0.15) is 5.82 Å². The Kier molecular flexibility index (Phi) is 3.35. The number of rotatable bonds is 3. The molecule has 0 saturated heterocycles. The maximum Gasteiger partial charge on any atom is 0.191 e. The molecule has 19 heavy (non-hydrogen) atoms. The van der Waals surface area contributed by atoms with E-state index in [4.69, 9.17) is 11.6 Å². The van der Waals surface area contributed by atoms with Crippen LogP contribution in [-0.2, 0) is 0 Å². The summed E-state index contributed by atoms with van der Waals surface area (Å²) in [7, 11) is 1.77. The van der Waals surface area contributed by atoms with Gasteiger partial charge in [-0.25, -0.2) is 4.39 Å². The highest BCUT2D eigenvalue weighted by Gasteiger charge is 2.39. The van der Waals surface area contributed by atoms with Crippen LogP contribution in [0.5, 0.6) is 0 Å². The Morgan fingerprint density at radius 2 is 2.16 bits per heavy atom. The number of nitrogens with zero attached hydrogens (tertiary/aromatic N) is 1. The second-order valence-corrected chi connectivity index (χ2v) is 5.66. The van der Waals surface area contributed by atoms with Crippen molar-refractivity contribution in [3.63, 3.8) is 0 Å². The molecule has 1 aromatic rings.